The molecule has 0 aliphatic rings. The molecule has 1 rings (SSSR count). The third kappa shape index (κ3) is 5.50. The molecule has 0 heterocycles. The Labute approximate surface area is 103 Å². The standard InChI is InChI=1S/C14H21NO2/c1-11(13(16)15-14(2,3)4)17-10-12-8-6-5-7-9-12/h5-9,11H,10H2,1-4H3,(H,15,16)/t11-/m0/s1. The van der Waals surface area contributed by atoms with Crippen molar-refractivity contribution in [1.82, 2.24) is 5.32 Å². The van der Waals surface area contributed by atoms with Gasteiger partial charge in [-0.1, -0.05) is 30.3 Å². The van der Waals surface area contributed by atoms with Crippen LogP contribution in [0, 0.1) is 0 Å². The van der Waals surface area contributed by atoms with Gasteiger partial charge in [0.2, 0.25) is 5.91 Å². The first-order chi connectivity index (χ1) is 7.88. The normalized spacial score (nSPS) is 13.2. The van der Waals surface area contributed by atoms with Crippen molar-refractivity contribution in [3.05, 3.63) is 35.9 Å². The molecule has 1 amide bonds. The number of ether oxygens (including phenoxy) is 1. The number of rotatable bonds is 4. The van der Waals surface area contributed by atoms with Crippen molar-refractivity contribution >= 4 is 5.91 Å². The highest BCUT2D eigenvalue weighted by Crippen LogP contribution is 2.05. The van der Waals surface area contributed by atoms with Gasteiger partial charge in [0.25, 0.3) is 0 Å². The summed E-state index contributed by atoms with van der Waals surface area (Å²) in [5.74, 6) is -0.0755. The maximum absolute atomic E-state index is 11.7. The lowest BCUT2D eigenvalue weighted by atomic mass is 10.1. The van der Waals surface area contributed by atoms with Crippen LogP contribution in [0.4, 0.5) is 0 Å². The minimum absolute atomic E-state index is 0.0755. The number of carbonyl (C=O) groups is 1. The van der Waals surface area contributed by atoms with Crippen molar-refractivity contribution in [2.45, 2.75) is 45.9 Å². The van der Waals surface area contributed by atoms with Gasteiger partial charge in [-0.2, -0.15) is 0 Å². The summed E-state index contributed by atoms with van der Waals surface area (Å²) >= 11 is 0. The lowest BCUT2D eigenvalue weighted by molar-refractivity contribution is -0.133. The molecule has 0 saturated carbocycles. The third-order valence-corrected chi connectivity index (χ3v) is 2.21. The fourth-order valence-corrected chi connectivity index (χ4v) is 1.34. The Morgan fingerprint density at radius 2 is 1.88 bits per heavy atom. The van der Waals surface area contributed by atoms with Crippen LogP contribution in [0.25, 0.3) is 0 Å². The average molecular weight is 235 g/mol. The molecular formula is C14H21NO2. The Bertz CT molecular complexity index is 354. The molecule has 0 aliphatic heterocycles. The van der Waals surface area contributed by atoms with Crippen LogP contribution in [0.2, 0.25) is 0 Å². The summed E-state index contributed by atoms with van der Waals surface area (Å²) in [5, 5.41) is 2.89. The minimum Gasteiger partial charge on any atom is -0.364 e. The van der Waals surface area contributed by atoms with E-state index in [0.29, 0.717) is 6.61 Å². The smallest absolute Gasteiger partial charge is 0.249 e. The maximum Gasteiger partial charge on any atom is 0.249 e. The van der Waals surface area contributed by atoms with Gasteiger partial charge in [-0.3, -0.25) is 4.79 Å². The third-order valence-electron chi connectivity index (χ3n) is 2.21. The second-order valence-corrected chi connectivity index (χ2v) is 5.18. The van der Waals surface area contributed by atoms with Crippen LogP contribution in [0.5, 0.6) is 0 Å². The lowest BCUT2D eigenvalue weighted by Crippen LogP contribution is -2.45. The minimum atomic E-state index is -0.436. The number of hydrogen-bond donors (Lipinski definition) is 1. The summed E-state index contributed by atoms with van der Waals surface area (Å²) in [4.78, 5) is 11.7. The zero-order valence-corrected chi connectivity index (χ0v) is 11.0. The van der Waals surface area contributed by atoms with Crippen LogP contribution in [0.3, 0.4) is 0 Å². The molecule has 0 fully saturated rings. The summed E-state index contributed by atoms with van der Waals surface area (Å²) in [6, 6.07) is 9.83. The predicted molar refractivity (Wildman–Crippen MR) is 68.6 cm³/mol. The first kappa shape index (κ1) is 13.7. The fraction of sp³-hybridized carbons (Fsp3) is 0.500. The molecule has 1 N–H and O–H groups in total. The SMILES string of the molecule is C[C@H](OCc1ccccc1)C(=O)NC(C)(C)C. The Kier molecular flexibility index (Phi) is 4.70. The molecule has 0 bridgehead atoms. The van der Waals surface area contributed by atoms with E-state index in [1.165, 1.54) is 0 Å². The van der Waals surface area contributed by atoms with Gasteiger partial charge in [0.15, 0.2) is 0 Å². The van der Waals surface area contributed by atoms with Crippen molar-refractivity contribution in [3.8, 4) is 0 Å². The van der Waals surface area contributed by atoms with Crippen molar-refractivity contribution in [2.24, 2.45) is 0 Å². The first-order valence-corrected chi connectivity index (χ1v) is 5.86. The molecule has 1 aromatic rings. The van der Waals surface area contributed by atoms with Crippen molar-refractivity contribution in [2.75, 3.05) is 0 Å². The van der Waals surface area contributed by atoms with E-state index >= 15 is 0 Å². The molecule has 0 radical (unpaired) electrons. The van der Waals surface area contributed by atoms with Crippen LogP contribution < -0.4 is 5.32 Å². The van der Waals surface area contributed by atoms with E-state index in [4.69, 9.17) is 4.74 Å². The second kappa shape index (κ2) is 5.82. The van der Waals surface area contributed by atoms with Gasteiger partial charge < -0.3 is 10.1 Å². The monoisotopic (exact) mass is 235 g/mol. The summed E-state index contributed by atoms with van der Waals surface area (Å²) in [5.41, 5.74) is 0.851. The quantitative estimate of drug-likeness (QED) is 0.870. The van der Waals surface area contributed by atoms with E-state index in [9.17, 15) is 4.79 Å². The number of nitrogens with one attached hydrogen (secondary N) is 1. The summed E-state index contributed by atoms with van der Waals surface area (Å²) in [6.07, 6.45) is -0.436. The first-order valence-electron chi connectivity index (χ1n) is 5.86. The van der Waals surface area contributed by atoms with Crippen molar-refractivity contribution in [1.29, 1.82) is 0 Å². The highest BCUT2D eigenvalue weighted by atomic mass is 16.5. The van der Waals surface area contributed by atoms with Crippen molar-refractivity contribution in [3.63, 3.8) is 0 Å². The highest BCUT2D eigenvalue weighted by Gasteiger charge is 2.19. The Morgan fingerprint density at radius 1 is 1.29 bits per heavy atom. The zero-order valence-electron chi connectivity index (χ0n) is 11.0. The molecule has 94 valence electrons. The van der Waals surface area contributed by atoms with Crippen LogP contribution in [0.1, 0.15) is 33.3 Å². The van der Waals surface area contributed by atoms with E-state index < -0.39 is 6.10 Å². The number of amides is 1. The molecule has 17 heavy (non-hydrogen) atoms. The van der Waals surface area contributed by atoms with E-state index in [1.807, 2.05) is 51.1 Å². The molecule has 3 nitrogen and oxygen atoms in total. The Morgan fingerprint density at radius 3 is 2.41 bits per heavy atom. The van der Waals surface area contributed by atoms with Crippen molar-refractivity contribution < 1.29 is 9.53 Å². The second-order valence-electron chi connectivity index (χ2n) is 5.18. The number of hydrogen-bond acceptors (Lipinski definition) is 2. The van der Waals surface area contributed by atoms with Gasteiger partial charge in [0.05, 0.1) is 6.61 Å². The van der Waals surface area contributed by atoms with E-state index in [-0.39, 0.29) is 11.4 Å². The van der Waals surface area contributed by atoms with Gasteiger partial charge in [-0.15, -0.1) is 0 Å². The van der Waals surface area contributed by atoms with Gasteiger partial charge in [-0.25, -0.2) is 0 Å². The average Bonchev–Trinajstić information content (AvgIpc) is 2.25. The van der Waals surface area contributed by atoms with Crippen LogP contribution in [-0.2, 0) is 16.1 Å². The van der Waals surface area contributed by atoms with E-state index in [0.717, 1.165) is 5.56 Å². The van der Waals surface area contributed by atoms with E-state index in [1.54, 1.807) is 6.92 Å². The van der Waals surface area contributed by atoms with Gasteiger partial charge >= 0.3 is 0 Å². The van der Waals surface area contributed by atoms with Gasteiger partial charge in [0.1, 0.15) is 6.10 Å². The fourth-order valence-electron chi connectivity index (χ4n) is 1.34. The number of benzene rings is 1. The molecule has 1 atom stereocenters. The largest absolute Gasteiger partial charge is 0.364 e. The molecular weight excluding hydrogens is 214 g/mol. The molecule has 0 saturated heterocycles. The summed E-state index contributed by atoms with van der Waals surface area (Å²) < 4.78 is 5.52. The van der Waals surface area contributed by atoms with Gasteiger partial charge in [0, 0.05) is 5.54 Å². The lowest BCUT2D eigenvalue weighted by Gasteiger charge is -2.23. The molecule has 1 aromatic carbocycles. The molecule has 0 spiro atoms. The zero-order chi connectivity index (χ0) is 12.9. The molecule has 3 heteroatoms. The summed E-state index contributed by atoms with van der Waals surface area (Å²) in [7, 11) is 0. The van der Waals surface area contributed by atoms with Crippen LogP contribution >= 0.6 is 0 Å². The maximum atomic E-state index is 11.7. The Balaban J connectivity index is 2.40. The Hall–Kier alpha value is -1.35. The topological polar surface area (TPSA) is 38.3 Å². The predicted octanol–water partition coefficient (Wildman–Crippen LogP) is 2.51. The molecule has 0 aromatic heterocycles. The van der Waals surface area contributed by atoms with Crippen LogP contribution in [-0.4, -0.2) is 17.6 Å². The van der Waals surface area contributed by atoms with Crippen LogP contribution in [0.15, 0.2) is 30.3 Å². The molecule has 0 unspecified atom stereocenters. The summed E-state index contributed by atoms with van der Waals surface area (Å²) in [6.45, 7) is 8.09. The van der Waals surface area contributed by atoms with Gasteiger partial charge in [-0.05, 0) is 33.3 Å². The molecule has 0 aliphatic carbocycles. The highest BCUT2D eigenvalue weighted by molar-refractivity contribution is 5.80. The number of carbonyl (C=O) groups excluding carboxylic acids is 1. The van der Waals surface area contributed by atoms with E-state index in [2.05, 4.69) is 5.32 Å².